The zero-order chi connectivity index (χ0) is 21.8. The summed E-state index contributed by atoms with van der Waals surface area (Å²) in [6, 6.07) is 13.4. The predicted molar refractivity (Wildman–Crippen MR) is 118 cm³/mol. The maximum absolute atomic E-state index is 14.1. The maximum atomic E-state index is 14.1. The van der Waals surface area contributed by atoms with Crippen molar-refractivity contribution in [2.75, 3.05) is 6.61 Å². The third-order valence-corrected chi connectivity index (χ3v) is 5.58. The molecule has 0 saturated heterocycles. The van der Waals surface area contributed by atoms with Crippen molar-refractivity contribution < 1.29 is 18.7 Å². The average molecular weight is 428 g/mol. The molecule has 158 valence electrons. The van der Waals surface area contributed by atoms with Gasteiger partial charge in [0, 0.05) is 10.8 Å². The number of hydrogen-bond acceptors (Lipinski definition) is 4. The predicted octanol–water partition coefficient (Wildman–Crippen LogP) is 5.28. The molecule has 4 nitrogen and oxygen atoms in total. The Morgan fingerprint density at radius 3 is 2.23 bits per heavy atom. The summed E-state index contributed by atoms with van der Waals surface area (Å²) >= 11 is 1.36. The molecule has 2 aromatic rings. The van der Waals surface area contributed by atoms with Gasteiger partial charge in [-0.3, -0.25) is 14.5 Å². The highest BCUT2D eigenvalue weighted by molar-refractivity contribution is 8.04. The molecule has 2 aromatic carbocycles. The van der Waals surface area contributed by atoms with Crippen molar-refractivity contribution in [1.29, 1.82) is 0 Å². The third-order valence-electron chi connectivity index (χ3n) is 4.49. The molecule has 1 aliphatic heterocycles. The van der Waals surface area contributed by atoms with Gasteiger partial charge in [-0.15, -0.1) is 11.8 Å². The maximum Gasteiger partial charge on any atom is 0.268 e. The molecule has 0 unspecified atom stereocenters. The fourth-order valence-corrected chi connectivity index (χ4v) is 4.08. The number of rotatable bonds is 8. The number of hydrogen-bond donors (Lipinski definition) is 0. The molecule has 6 heteroatoms. The van der Waals surface area contributed by atoms with Crippen molar-refractivity contribution in [1.82, 2.24) is 4.90 Å². The van der Waals surface area contributed by atoms with E-state index in [0.29, 0.717) is 39.9 Å². The van der Waals surface area contributed by atoms with Crippen LogP contribution in [0.2, 0.25) is 0 Å². The molecule has 30 heavy (non-hydrogen) atoms. The van der Waals surface area contributed by atoms with E-state index in [0.717, 1.165) is 4.90 Å². The van der Waals surface area contributed by atoms with Gasteiger partial charge in [-0.1, -0.05) is 58.0 Å². The lowest BCUT2D eigenvalue weighted by Crippen LogP contribution is -2.31. The smallest absolute Gasteiger partial charge is 0.268 e. The van der Waals surface area contributed by atoms with E-state index in [2.05, 4.69) is 13.8 Å². The lowest BCUT2D eigenvalue weighted by molar-refractivity contribution is -0.137. The molecule has 0 spiro atoms. The minimum atomic E-state index is -0.434. The average Bonchev–Trinajstić information content (AvgIpc) is 2.92. The number of nitrogens with zero attached hydrogens (tertiary/aromatic N) is 1. The summed E-state index contributed by atoms with van der Waals surface area (Å²) in [7, 11) is 0. The van der Waals surface area contributed by atoms with Crippen molar-refractivity contribution in [2.24, 2.45) is 5.92 Å². The van der Waals surface area contributed by atoms with E-state index < -0.39 is 11.7 Å². The highest BCUT2D eigenvalue weighted by Crippen LogP contribution is 2.39. The summed E-state index contributed by atoms with van der Waals surface area (Å²) in [6.45, 7) is 8.59. The van der Waals surface area contributed by atoms with Crippen LogP contribution in [-0.4, -0.2) is 28.6 Å². The minimum Gasteiger partial charge on any atom is -0.493 e. The van der Waals surface area contributed by atoms with Gasteiger partial charge in [-0.2, -0.15) is 0 Å². The molecule has 0 saturated carbocycles. The second kappa shape index (κ2) is 9.47. The molecule has 0 radical (unpaired) electrons. The molecule has 1 heterocycles. The summed E-state index contributed by atoms with van der Waals surface area (Å²) in [5.74, 6) is -0.0934. The van der Waals surface area contributed by atoms with Gasteiger partial charge in [0.1, 0.15) is 11.6 Å². The van der Waals surface area contributed by atoms with Gasteiger partial charge < -0.3 is 4.74 Å². The molecule has 0 aliphatic carbocycles. The Morgan fingerprint density at radius 2 is 1.63 bits per heavy atom. The zero-order valence-corrected chi connectivity index (χ0v) is 18.5. The van der Waals surface area contributed by atoms with Crippen LogP contribution >= 0.6 is 11.8 Å². The molecule has 0 fully saturated rings. The standard InChI is InChI=1S/C24H26FNO3S/c1-15(2)14-29-19-11-9-17(10-12-19)21-22(30-16(3)4)24(28)26(23(21)27)13-18-7-5-6-8-20(18)25/h5-12,15-16H,13-14H2,1-4H3. The molecular formula is C24H26FNO3S. The summed E-state index contributed by atoms with van der Waals surface area (Å²) in [4.78, 5) is 27.8. The molecular weight excluding hydrogens is 401 g/mol. The number of imide groups is 1. The van der Waals surface area contributed by atoms with Gasteiger partial charge in [-0.25, -0.2) is 4.39 Å². The Morgan fingerprint density at radius 1 is 0.967 bits per heavy atom. The fourth-order valence-electron chi connectivity index (χ4n) is 3.07. The van der Waals surface area contributed by atoms with E-state index in [9.17, 15) is 14.0 Å². The first kappa shape index (κ1) is 22.1. The van der Waals surface area contributed by atoms with E-state index >= 15 is 0 Å². The summed E-state index contributed by atoms with van der Waals surface area (Å²) in [6.07, 6.45) is 0. The van der Waals surface area contributed by atoms with Crippen LogP contribution < -0.4 is 4.74 Å². The summed E-state index contributed by atoms with van der Waals surface area (Å²) in [5, 5.41) is 0.119. The number of ether oxygens (including phenoxy) is 1. The van der Waals surface area contributed by atoms with Crippen molar-refractivity contribution >= 4 is 29.1 Å². The molecule has 2 amide bonds. The Hall–Kier alpha value is -2.60. The molecule has 0 aromatic heterocycles. The van der Waals surface area contributed by atoms with E-state index in [-0.39, 0.29) is 17.7 Å². The number of amides is 2. The van der Waals surface area contributed by atoms with E-state index in [1.165, 1.54) is 17.8 Å². The van der Waals surface area contributed by atoms with Gasteiger partial charge in [0.15, 0.2) is 0 Å². The normalized spacial score (nSPS) is 14.4. The van der Waals surface area contributed by atoms with E-state index in [1.807, 2.05) is 13.8 Å². The molecule has 3 rings (SSSR count). The highest BCUT2D eigenvalue weighted by atomic mass is 32.2. The Balaban J connectivity index is 1.91. The second-order valence-electron chi connectivity index (χ2n) is 7.89. The van der Waals surface area contributed by atoms with Crippen LogP contribution in [0.25, 0.3) is 5.57 Å². The number of thioether (sulfide) groups is 1. The number of carbonyl (C=O) groups excluding carboxylic acids is 2. The quantitative estimate of drug-likeness (QED) is 0.538. The first-order valence-corrected chi connectivity index (χ1v) is 10.9. The number of carbonyl (C=O) groups is 2. The number of benzene rings is 2. The van der Waals surface area contributed by atoms with Crippen molar-refractivity contribution in [3.63, 3.8) is 0 Å². The lowest BCUT2D eigenvalue weighted by Gasteiger charge is -2.16. The minimum absolute atomic E-state index is 0.0917. The van der Waals surface area contributed by atoms with Gasteiger partial charge in [0.05, 0.1) is 23.6 Å². The molecule has 1 aliphatic rings. The van der Waals surface area contributed by atoms with Crippen LogP contribution in [0.5, 0.6) is 5.75 Å². The lowest BCUT2D eigenvalue weighted by atomic mass is 10.1. The topological polar surface area (TPSA) is 46.6 Å². The van der Waals surface area contributed by atoms with E-state index in [1.54, 1.807) is 42.5 Å². The van der Waals surface area contributed by atoms with Crippen LogP contribution in [0.3, 0.4) is 0 Å². The highest BCUT2D eigenvalue weighted by Gasteiger charge is 2.39. The molecule has 0 N–H and O–H groups in total. The Kier molecular flexibility index (Phi) is 6.98. The molecule has 0 bridgehead atoms. The van der Waals surface area contributed by atoms with Crippen molar-refractivity contribution in [2.45, 2.75) is 39.5 Å². The van der Waals surface area contributed by atoms with E-state index in [4.69, 9.17) is 4.74 Å². The van der Waals surface area contributed by atoms with Crippen LogP contribution in [0.1, 0.15) is 38.8 Å². The van der Waals surface area contributed by atoms with Crippen molar-refractivity contribution in [3.05, 3.63) is 70.4 Å². The Labute approximate surface area is 181 Å². The SMILES string of the molecule is CC(C)COc1ccc(C2=C(SC(C)C)C(=O)N(Cc3ccccc3F)C2=O)cc1. The Bertz CT molecular complexity index is 967. The fraction of sp³-hybridized carbons (Fsp3) is 0.333. The van der Waals surface area contributed by atoms with Crippen LogP contribution in [0.15, 0.2) is 53.4 Å². The van der Waals surface area contributed by atoms with Gasteiger partial charge >= 0.3 is 0 Å². The van der Waals surface area contributed by atoms with Gasteiger partial charge in [0.25, 0.3) is 11.8 Å². The van der Waals surface area contributed by atoms with Gasteiger partial charge in [-0.05, 0) is 29.7 Å². The largest absolute Gasteiger partial charge is 0.493 e. The van der Waals surface area contributed by atoms with Crippen LogP contribution in [-0.2, 0) is 16.1 Å². The number of halogens is 1. The molecule has 0 atom stereocenters. The zero-order valence-electron chi connectivity index (χ0n) is 17.6. The first-order chi connectivity index (χ1) is 14.3. The first-order valence-electron chi connectivity index (χ1n) is 10.0. The monoisotopic (exact) mass is 427 g/mol. The van der Waals surface area contributed by atoms with Crippen LogP contribution in [0.4, 0.5) is 4.39 Å². The van der Waals surface area contributed by atoms with Crippen molar-refractivity contribution in [3.8, 4) is 5.75 Å². The third kappa shape index (κ3) is 4.93. The summed E-state index contributed by atoms with van der Waals surface area (Å²) in [5.41, 5.74) is 1.33. The summed E-state index contributed by atoms with van der Waals surface area (Å²) < 4.78 is 19.8. The van der Waals surface area contributed by atoms with Crippen LogP contribution in [0, 0.1) is 11.7 Å². The second-order valence-corrected chi connectivity index (χ2v) is 9.47. The van der Waals surface area contributed by atoms with Gasteiger partial charge in [0.2, 0.25) is 0 Å².